The second-order valence-corrected chi connectivity index (χ2v) is 6.71. The Labute approximate surface area is 170 Å². The van der Waals surface area contributed by atoms with E-state index in [9.17, 15) is 18.0 Å². The zero-order valence-corrected chi connectivity index (χ0v) is 15.7. The number of halogens is 3. The van der Waals surface area contributed by atoms with E-state index in [1.165, 1.54) is 12.1 Å². The van der Waals surface area contributed by atoms with Crippen LogP contribution < -0.4 is 0 Å². The second kappa shape index (κ2) is 7.99. The zero-order chi connectivity index (χ0) is 21.1. The molecular formula is C24H16F3NO2. The summed E-state index contributed by atoms with van der Waals surface area (Å²) in [7, 11) is 0. The number of para-hydroxylation sites is 1. The van der Waals surface area contributed by atoms with Crippen LogP contribution in [0.2, 0.25) is 0 Å². The number of hydrogen-bond donors (Lipinski definition) is 0. The molecule has 0 saturated carbocycles. The normalized spacial score (nSPS) is 11.4. The smallest absolute Gasteiger partial charge is 0.416 e. The van der Waals surface area contributed by atoms with Gasteiger partial charge in [-0.3, -0.25) is 0 Å². The van der Waals surface area contributed by atoms with Gasteiger partial charge in [0.05, 0.1) is 22.3 Å². The molecule has 0 radical (unpaired) electrons. The summed E-state index contributed by atoms with van der Waals surface area (Å²) in [4.78, 5) is 17.4. The summed E-state index contributed by atoms with van der Waals surface area (Å²) >= 11 is 0. The molecule has 0 bridgehead atoms. The van der Waals surface area contributed by atoms with E-state index in [1.807, 2.05) is 36.4 Å². The zero-order valence-electron chi connectivity index (χ0n) is 15.7. The lowest BCUT2D eigenvalue weighted by Gasteiger charge is -2.11. The Bertz CT molecular complexity index is 1200. The second-order valence-electron chi connectivity index (χ2n) is 6.71. The van der Waals surface area contributed by atoms with Gasteiger partial charge in [0, 0.05) is 10.9 Å². The molecule has 1 heterocycles. The van der Waals surface area contributed by atoms with E-state index in [1.54, 1.807) is 24.3 Å². The molecule has 6 heteroatoms. The number of benzene rings is 3. The van der Waals surface area contributed by atoms with Crippen molar-refractivity contribution in [2.45, 2.75) is 12.8 Å². The van der Waals surface area contributed by atoms with Crippen molar-refractivity contribution in [1.82, 2.24) is 4.98 Å². The maximum Gasteiger partial charge on any atom is 0.416 e. The van der Waals surface area contributed by atoms with Crippen molar-refractivity contribution in [2.24, 2.45) is 0 Å². The number of pyridine rings is 1. The Morgan fingerprint density at radius 3 is 2.37 bits per heavy atom. The van der Waals surface area contributed by atoms with Crippen molar-refractivity contribution in [3.05, 3.63) is 102 Å². The number of rotatable bonds is 4. The van der Waals surface area contributed by atoms with Crippen LogP contribution in [0.1, 0.15) is 21.5 Å². The van der Waals surface area contributed by atoms with Gasteiger partial charge in [0.25, 0.3) is 0 Å². The van der Waals surface area contributed by atoms with Gasteiger partial charge in [0.15, 0.2) is 0 Å². The first-order valence-corrected chi connectivity index (χ1v) is 9.20. The number of esters is 1. The van der Waals surface area contributed by atoms with E-state index in [4.69, 9.17) is 4.74 Å². The van der Waals surface area contributed by atoms with Crippen molar-refractivity contribution in [3.63, 3.8) is 0 Å². The summed E-state index contributed by atoms with van der Waals surface area (Å²) in [5.41, 5.74) is 1.88. The Morgan fingerprint density at radius 1 is 0.867 bits per heavy atom. The monoisotopic (exact) mass is 407 g/mol. The predicted octanol–water partition coefficient (Wildman–Crippen LogP) is 6.28. The van der Waals surface area contributed by atoms with Crippen LogP contribution in [0.15, 0.2) is 84.9 Å². The van der Waals surface area contributed by atoms with Gasteiger partial charge in [-0.1, -0.05) is 60.7 Å². The average molecular weight is 407 g/mol. The highest BCUT2D eigenvalue weighted by atomic mass is 19.4. The fourth-order valence-corrected chi connectivity index (χ4v) is 3.17. The molecule has 0 N–H and O–H groups in total. The number of aromatic nitrogens is 1. The highest BCUT2D eigenvalue weighted by Gasteiger charge is 2.30. The van der Waals surface area contributed by atoms with E-state index in [0.29, 0.717) is 22.2 Å². The summed E-state index contributed by atoms with van der Waals surface area (Å²) in [5, 5.41) is 0.617. The van der Waals surface area contributed by atoms with E-state index < -0.39 is 17.7 Å². The van der Waals surface area contributed by atoms with Gasteiger partial charge in [-0.2, -0.15) is 13.2 Å². The summed E-state index contributed by atoms with van der Waals surface area (Å²) in [6, 6.07) is 23.0. The van der Waals surface area contributed by atoms with Crippen LogP contribution >= 0.6 is 0 Å². The first kappa shape index (κ1) is 19.6. The molecule has 4 rings (SSSR count). The third kappa shape index (κ3) is 4.17. The number of ether oxygens (including phenoxy) is 1. The van der Waals surface area contributed by atoms with Crippen LogP contribution in [0.25, 0.3) is 22.2 Å². The molecule has 30 heavy (non-hydrogen) atoms. The number of fused-ring (bicyclic) bond motifs is 1. The Balaban J connectivity index is 1.65. The minimum absolute atomic E-state index is 0.264. The molecule has 0 atom stereocenters. The molecule has 1 aromatic heterocycles. The van der Waals surface area contributed by atoms with E-state index in [0.717, 1.165) is 17.7 Å². The fourth-order valence-electron chi connectivity index (χ4n) is 3.17. The van der Waals surface area contributed by atoms with Gasteiger partial charge in [-0.05, 0) is 29.8 Å². The number of carbonyl (C=O) groups is 1. The first-order chi connectivity index (χ1) is 14.4. The van der Waals surface area contributed by atoms with Crippen LogP contribution in [-0.4, -0.2) is 11.0 Å². The summed E-state index contributed by atoms with van der Waals surface area (Å²) in [5.74, 6) is -0.622. The van der Waals surface area contributed by atoms with Crippen molar-refractivity contribution >= 4 is 16.9 Å². The molecule has 0 amide bonds. The standard InChI is InChI=1S/C24H16F3NO2/c25-24(26,27)18-10-6-7-16(13-18)15-30-23(29)20-14-22(17-8-2-1-3-9-17)28-21-12-5-4-11-19(20)21/h1-14H,15H2. The average Bonchev–Trinajstić information content (AvgIpc) is 2.77. The molecular weight excluding hydrogens is 391 g/mol. The molecule has 0 aliphatic rings. The summed E-state index contributed by atoms with van der Waals surface area (Å²) in [6.07, 6.45) is -4.45. The van der Waals surface area contributed by atoms with Crippen molar-refractivity contribution in [3.8, 4) is 11.3 Å². The third-order valence-corrected chi connectivity index (χ3v) is 4.63. The number of hydrogen-bond acceptors (Lipinski definition) is 3. The maximum absolute atomic E-state index is 12.9. The Hall–Kier alpha value is -3.67. The van der Waals surface area contributed by atoms with Crippen LogP contribution in [0.3, 0.4) is 0 Å². The maximum atomic E-state index is 12.9. The van der Waals surface area contributed by atoms with E-state index in [2.05, 4.69) is 4.98 Å². The minimum Gasteiger partial charge on any atom is -0.457 e. The number of carbonyl (C=O) groups excluding carboxylic acids is 1. The molecule has 0 spiro atoms. The molecule has 3 aromatic carbocycles. The van der Waals surface area contributed by atoms with Gasteiger partial charge < -0.3 is 4.74 Å². The summed E-state index contributed by atoms with van der Waals surface area (Å²) < 4.78 is 44.0. The molecule has 3 nitrogen and oxygen atoms in total. The van der Waals surface area contributed by atoms with E-state index >= 15 is 0 Å². The molecule has 0 unspecified atom stereocenters. The lowest BCUT2D eigenvalue weighted by atomic mass is 10.0. The quantitative estimate of drug-likeness (QED) is 0.374. The van der Waals surface area contributed by atoms with Gasteiger partial charge in [0.2, 0.25) is 0 Å². The molecule has 0 aliphatic carbocycles. The molecule has 0 fully saturated rings. The highest BCUT2D eigenvalue weighted by Crippen LogP contribution is 2.30. The Kier molecular flexibility index (Phi) is 5.23. The van der Waals surface area contributed by atoms with Gasteiger partial charge in [-0.15, -0.1) is 0 Å². The summed E-state index contributed by atoms with van der Waals surface area (Å²) in [6.45, 7) is -0.264. The fraction of sp³-hybridized carbons (Fsp3) is 0.0833. The molecule has 0 saturated heterocycles. The van der Waals surface area contributed by atoms with Crippen molar-refractivity contribution in [1.29, 1.82) is 0 Å². The van der Waals surface area contributed by atoms with Gasteiger partial charge in [-0.25, -0.2) is 9.78 Å². The van der Waals surface area contributed by atoms with Crippen LogP contribution in [0, 0.1) is 0 Å². The molecule has 0 aliphatic heterocycles. The van der Waals surface area contributed by atoms with Gasteiger partial charge >= 0.3 is 12.1 Å². The lowest BCUT2D eigenvalue weighted by Crippen LogP contribution is -2.09. The first-order valence-electron chi connectivity index (χ1n) is 9.20. The highest BCUT2D eigenvalue weighted by molar-refractivity contribution is 6.04. The Morgan fingerprint density at radius 2 is 1.60 bits per heavy atom. The topological polar surface area (TPSA) is 39.2 Å². The van der Waals surface area contributed by atoms with Crippen molar-refractivity contribution < 1.29 is 22.7 Å². The van der Waals surface area contributed by atoms with E-state index in [-0.39, 0.29) is 12.2 Å². The van der Waals surface area contributed by atoms with Crippen molar-refractivity contribution in [2.75, 3.05) is 0 Å². The lowest BCUT2D eigenvalue weighted by molar-refractivity contribution is -0.137. The van der Waals surface area contributed by atoms with Crippen LogP contribution in [0.4, 0.5) is 13.2 Å². The van der Waals surface area contributed by atoms with Gasteiger partial charge in [0.1, 0.15) is 6.61 Å². The predicted molar refractivity (Wildman–Crippen MR) is 108 cm³/mol. The third-order valence-electron chi connectivity index (χ3n) is 4.63. The largest absolute Gasteiger partial charge is 0.457 e. The molecule has 4 aromatic rings. The van der Waals surface area contributed by atoms with Crippen LogP contribution in [0.5, 0.6) is 0 Å². The number of alkyl halides is 3. The van der Waals surface area contributed by atoms with Crippen LogP contribution in [-0.2, 0) is 17.5 Å². The number of nitrogens with zero attached hydrogens (tertiary/aromatic N) is 1. The SMILES string of the molecule is O=C(OCc1cccc(C(F)(F)F)c1)c1cc(-c2ccccc2)nc2ccccc12. The minimum atomic E-state index is -4.45. The molecule has 150 valence electrons.